The van der Waals surface area contributed by atoms with E-state index in [-0.39, 0.29) is 5.41 Å². The molecule has 2 heteroatoms. The van der Waals surface area contributed by atoms with Gasteiger partial charge in [0.1, 0.15) is 5.75 Å². The second-order valence-electron chi connectivity index (χ2n) is 6.00. The maximum absolute atomic E-state index is 5.82. The fourth-order valence-electron chi connectivity index (χ4n) is 1.76. The van der Waals surface area contributed by atoms with Crippen molar-refractivity contribution in [2.45, 2.75) is 46.0 Å². The molecule has 0 fully saturated rings. The molecule has 0 N–H and O–H groups in total. The van der Waals surface area contributed by atoms with Crippen molar-refractivity contribution in [1.29, 1.82) is 0 Å². The molecule has 0 radical (unpaired) electrons. The normalized spacial score (nSPS) is 13.4. The molecule has 0 aliphatic heterocycles. The summed E-state index contributed by atoms with van der Waals surface area (Å²) in [5, 5.41) is 0. The second kappa shape index (κ2) is 7.04. The number of alkyl halides is 1. The smallest absolute Gasteiger partial charge is 0.119 e. The van der Waals surface area contributed by atoms with Crippen LogP contribution < -0.4 is 4.74 Å². The van der Waals surface area contributed by atoms with E-state index in [1.54, 1.807) is 0 Å². The molecular formula is C16H25ClO. The largest absolute Gasteiger partial charge is 0.494 e. The average Bonchev–Trinajstić information content (AvgIpc) is 2.29. The van der Waals surface area contributed by atoms with Gasteiger partial charge in [0, 0.05) is 5.88 Å². The van der Waals surface area contributed by atoms with E-state index in [4.69, 9.17) is 16.3 Å². The molecule has 1 rings (SSSR count). The molecule has 0 amide bonds. The Morgan fingerprint density at radius 2 is 1.94 bits per heavy atom. The van der Waals surface area contributed by atoms with Crippen LogP contribution in [0.1, 0.15) is 46.1 Å². The van der Waals surface area contributed by atoms with E-state index in [9.17, 15) is 0 Å². The van der Waals surface area contributed by atoms with Gasteiger partial charge >= 0.3 is 0 Å². The fourth-order valence-corrected chi connectivity index (χ4v) is 2.13. The first-order valence-electron chi connectivity index (χ1n) is 6.73. The molecule has 0 saturated heterocycles. The first-order valence-corrected chi connectivity index (χ1v) is 7.26. The second-order valence-corrected chi connectivity index (χ2v) is 6.38. The van der Waals surface area contributed by atoms with Gasteiger partial charge < -0.3 is 4.74 Å². The molecule has 1 aromatic carbocycles. The van der Waals surface area contributed by atoms with Crippen LogP contribution in [0.2, 0.25) is 0 Å². The summed E-state index contributed by atoms with van der Waals surface area (Å²) >= 11 is 5.72. The van der Waals surface area contributed by atoms with Crippen LogP contribution in [0.3, 0.4) is 0 Å². The Hall–Kier alpha value is -0.690. The quantitative estimate of drug-likeness (QED) is 0.659. The molecule has 0 aromatic heterocycles. The zero-order chi connectivity index (χ0) is 13.6. The Kier molecular flexibility index (Phi) is 6.01. The highest BCUT2D eigenvalue weighted by Gasteiger charge is 2.13. The van der Waals surface area contributed by atoms with Crippen molar-refractivity contribution >= 4 is 11.6 Å². The highest BCUT2D eigenvalue weighted by atomic mass is 35.5. The van der Waals surface area contributed by atoms with Gasteiger partial charge in [-0.3, -0.25) is 0 Å². The third-order valence-corrected chi connectivity index (χ3v) is 3.40. The molecule has 18 heavy (non-hydrogen) atoms. The Labute approximate surface area is 116 Å². The molecule has 1 atom stereocenters. The van der Waals surface area contributed by atoms with Crippen LogP contribution in [0, 0.1) is 5.92 Å². The van der Waals surface area contributed by atoms with Crippen LogP contribution in [-0.2, 0) is 5.41 Å². The van der Waals surface area contributed by atoms with Crippen molar-refractivity contribution < 1.29 is 4.74 Å². The summed E-state index contributed by atoms with van der Waals surface area (Å²) in [4.78, 5) is 0. The predicted molar refractivity (Wildman–Crippen MR) is 79.8 cm³/mol. The first-order chi connectivity index (χ1) is 8.43. The topological polar surface area (TPSA) is 9.23 Å². The number of hydrogen-bond acceptors (Lipinski definition) is 1. The maximum Gasteiger partial charge on any atom is 0.119 e. The van der Waals surface area contributed by atoms with Crippen LogP contribution >= 0.6 is 11.6 Å². The third kappa shape index (κ3) is 5.30. The number of halogens is 1. The molecule has 102 valence electrons. The van der Waals surface area contributed by atoms with E-state index in [0.717, 1.165) is 31.1 Å². The van der Waals surface area contributed by atoms with Crippen LogP contribution in [-0.4, -0.2) is 12.5 Å². The first kappa shape index (κ1) is 15.4. The van der Waals surface area contributed by atoms with Gasteiger partial charge in [-0.15, -0.1) is 11.6 Å². The molecule has 0 saturated carbocycles. The lowest BCUT2D eigenvalue weighted by atomic mass is 9.87. The van der Waals surface area contributed by atoms with E-state index in [2.05, 4.69) is 45.9 Å². The Bertz CT molecular complexity index is 354. The zero-order valence-electron chi connectivity index (χ0n) is 12.0. The number of benzene rings is 1. The summed E-state index contributed by atoms with van der Waals surface area (Å²) in [6, 6.07) is 8.40. The van der Waals surface area contributed by atoms with Crippen LogP contribution in [0.5, 0.6) is 5.75 Å². The van der Waals surface area contributed by atoms with Gasteiger partial charge in [0.15, 0.2) is 0 Å². The van der Waals surface area contributed by atoms with Gasteiger partial charge in [-0.2, -0.15) is 0 Å². The van der Waals surface area contributed by atoms with Crippen molar-refractivity contribution in [2.75, 3.05) is 12.5 Å². The third-order valence-electron chi connectivity index (χ3n) is 3.18. The van der Waals surface area contributed by atoms with Gasteiger partial charge in [-0.1, -0.05) is 39.8 Å². The summed E-state index contributed by atoms with van der Waals surface area (Å²) in [5.41, 5.74) is 1.49. The fraction of sp³-hybridized carbons (Fsp3) is 0.625. The highest BCUT2D eigenvalue weighted by molar-refractivity contribution is 6.17. The van der Waals surface area contributed by atoms with Gasteiger partial charge in [-0.05, 0) is 41.9 Å². The predicted octanol–water partition coefficient (Wildman–Crippen LogP) is 5.02. The molecule has 0 spiro atoms. The van der Waals surface area contributed by atoms with Gasteiger partial charge in [-0.25, -0.2) is 0 Å². The standard InChI is InChI=1S/C16H25ClO/c1-13(8-10-17)9-11-18-15-7-5-6-14(12-15)16(2,3)4/h5-7,12-13H,8-11H2,1-4H3. The van der Waals surface area contributed by atoms with Crippen LogP contribution in [0.25, 0.3) is 0 Å². The maximum atomic E-state index is 5.82. The van der Waals surface area contributed by atoms with Gasteiger partial charge in [0.25, 0.3) is 0 Å². The summed E-state index contributed by atoms with van der Waals surface area (Å²) in [7, 11) is 0. The van der Waals surface area contributed by atoms with E-state index in [1.807, 2.05) is 6.07 Å². The lowest BCUT2D eigenvalue weighted by Gasteiger charge is -2.20. The molecule has 1 nitrogen and oxygen atoms in total. The Balaban J connectivity index is 2.48. The van der Waals surface area contributed by atoms with E-state index >= 15 is 0 Å². The monoisotopic (exact) mass is 268 g/mol. The molecule has 0 bridgehead atoms. The molecule has 0 aliphatic carbocycles. The number of hydrogen-bond donors (Lipinski definition) is 0. The highest BCUT2D eigenvalue weighted by Crippen LogP contribution is 2.25. The van der Waals surface area contributed by atoms with Gasteiger partial charge in [0.2, 0.25) is 0 Å². The summed E-state index contributed by atoms with van der Waals surface area (Å²) in [5.74, 6) is 2.34. The van der Waals surface area contributed by atoms with Crippen molar-refractivity contribution in [3.05, 3.63) is 29.8 Å². The lowest BCUT2D eigenvalue weighted by molar-refractivity contribution is 0.281. The number of ether oxygens (including phenoxy) is 1. The van der Waals surface area contributed by atoms with Crippen LogP contribution in [0.4, 0.5) is 0 Å². The van der Waals surface area contributed by atoms with Crippen molar-refractivity contribution in [2.24, 2.45) is 5.92 Å². The molecule has 0 aliphatic rings. The summed E-state index contributed by atoms with van der Waals surface area (Å²) in [6.07, 6.45) is 2.12. The summed E-state index contributed by atoms with van der Waals surface area (Å²) < 4.78 is 5.82. The average molecular weight is 269 g/mol. The van der Waals surface area contributed by atoms with Crippen molar-refractivity contribution in [3.8, 4) is 5.75 Å². The number of rotatable bonds is 6. The molecule has 1 unspecified atom stereocenters. The van der Waals surface area contributed by atoms with E-state index < -0.39 is 0 Å². The van der Waals surface area contributed by atoms with Gasteiger partial charge in [0.05, 0.1) is 6.61 Å². The van der Waals surface area contributed by atoms with Crippen molar-refractivity contribution in [1.82, 2.24) is 0 Å². The van der Waals surface area contributed by atoms with Crippen LogP contribution in [0.15, 0.2) is 24.3 Å². The molecular weight excluding hydrogens is 244 g/mol. The Morgan fingerprint density at radius 1 is 1.22 bits per heavy atom. The molecule has 1 aromatic rings. The molecule has 0 heterocycles. The SMILES string of the molecule is CC(CCCl)CCOc1cccc(C(C)(C)C)c1. The Morgan fingerprint density at radius 3 is 2.56 bits per heavy atom. The minimum absolute atomic E-state index is 0.172. The minimum Gasteiger partial charge on any atom is -0.494 e. The van der Waals surface area contributed by atoms with E-state index in [0.29, 0.717) is 5.92 Å². The van der Waals surface area contributed by atoms with E-state index in [1.165, 1.54) is 5.56 Å². The lowest BCUT2D eigenvalue weighted by Crippen LogP contribution is -2.11. The zero-order valence-corrected chi connectivity index (χ0v) is 12.8. The van der Waals surface area contributed by atoms with Crippen molar-refractivity contribution in [3.63, 3.8) is 0 Å². The summed E-state index contributed by atoms with van der Waals surface area (Å²) in [6.45, 7) is 9.64. The minimum atomic E-state index is 0.172.